The first-order valence-electron chi connectivity index (χ1n) is 22.5. The molecule has 0 aromatic heterocycles. The molecule has 10 aromatic rings. The lowest BCUT2D eigenvalue weighted by molar-refractivity contribution is 0.359. The summed E-state index contributed by atoms with van der Waals surface area (Å²) in [7, 11) is 0. The molecule has 330 valence electrons. The van der Waals surface area contributed by atoms with Gasteiger partial charge in [-0.2, -0.15) is 0 Å². The fourth-order valence-corrected chi connectivity index (χ4v) is 11.7. The Morgan fingerprint density at radius 1 is 0.304 bits per heavy atom. The van der Waals surface area contributed by atoms with Gasteiger partial charge in [-0.05, 0) is 138 Å². The van der Waals surface area contributed by atoms with Crippen LogP contribution in [0.25, 0.3) is 22.3 Å². The second kappa shape index (κ2) is 17.3. The topological polar surface area (TPSA) is 43.4 Å². The van der Waals surface area contributed by atoms with E-state index in [4.69, 9.17) is 31.6 Å². The molecule has 0 saturated heterocycles. The van der Waals surface area contributed by atoms with Crippen molar-refractivity contribution < 1.29 is 18.9 Å². The quantitative estimate of drug-likeness (QED) is 0.151. The number of rotatable bonds is 8. The highest BCUT2D eigenvalue weighted by Crippen LogP contribution is 2.55. The zero-order chi connectivity index (χ0) is 45.8. The number of hydrogen-bond donors (Lipinski definition) is 1. The minimum absolute atomic E-state index is 0.603. The van der Waals surface area contributed by atoms with Crippen LogP contribution in [-0.2, 0) is 0 Å². The smallest absolute Gasteiger partial charge is 0.194 e. The van der Waals surface area contributed by atoms with Gasteiger partial charge in [0.2, 0.25) is 0 Å². The van der Waals surface area contributed by atoms with Gasteiger partial charge in [0, 0.05) is 47.6 Å². The molecular formula is C60H38N2O4S3. The molecule has 3 aliphatic rings. The first-order valence-corrected chi connectivity index (χ1v) is 24.6. The summed E-state index contributed by atoms with van der Waals surface area (Å²) in [6, 6.07) is 77.1. The van der Waals surface area contributed by atoms with Crippen molar-refractivity contribution in [3.8, 4) is 68.2 Å². The highest BCUT2D eigenvalue weighted by Gasteiger charge is 2.29. The monoisotopic (exact) mass is 946 g/mol. The molecule has 0 N–H and O–H groups in total. The van der Waals surface area contributed by atoms with Gasteiger partial charge >= 0.3 is 0 Å². The van der Waals surface area contributed by atoms with Crippen LogP contribution in [0.3, 0.4) is 0 Å². The summed E-state index contributed by atoms with van der Waals surface area (Å²) in [4.78, 5) is 10.4. The molecule has 3 heterocycles. The van der Waals surface area contributed by atoms with E-state index in [9.17, 15) is 0 Å². The Morgan fingerprint density at radius 2 is 0.812 bits per heavy atom. The second-order valence-electron chi connectivity index (χ2n) is 16.6. The van der Waals surface area contributed by atoms with Gasteiger partial charge in [0.05, 0.1) is 17.1 Å². The van der Waals surface area contributed by atoms with E-state index >= 15 is 0 Å². The normalized spacial score (nSPS) is 12.5. The number of ether oxygens (including phenoxy) is 4. The first kappa shape index (κ1) is 41.3. The van der Waals surface area contributed by atoms with Gasteiger partial charge in [-0.15, -0.1) is 12.6 Å². The molecule has 0 spiro atoms. The molecule has 6 nitrogen and oxygen atoms in total. The number of fused-ring (bicyclic) bond motifs is 6. The number of para-hydroxylation sites is 6. The molecule has 0 radical (unpaired) electrons. The molecule has 13 rings (SSSR count). The van der Waals surface area contributed by atoms with Crippen LogP contribution in [0.4, 0.5) is 34.1 Å². The maximum atomic E-state index is 6.67. The van der Waals surface area contributed by atoms with Crippen LogP contribution in [0.1, 0.15) is 0 Å². The summed E-state index contributed by atoms with van der Waals surface area (Å²) >= 11 is 9.03. The number of anilines is 6. The molecule has 0 bridgehead atoms. The Bertz CT molecular complexity index is 3610. The molecule has 0 fully saturated rings. The molecule has 0 amide bonds. The third-order valence-corrected chi connectivity index (χ3v) is 15.3. The van der Waals surface area contributed by atoms with Crippen LogP contribution < -0.4 is 28.7 Å². The fraction of sp³-hybridized carbons (Fsp3) is 0. The van der Waals surface area contributed by atoms with Crippen molar-refractivity contribution in [2.24, 2.45) is 0 Å². The molecule has 0 aliphatic carbocycles. The molecule has 0 saturated carbocycles. The minimum atomic E-state index is 0.603. The van der Waals surface area contributed by atoms with Crippen molar-refractivity contribution >= 4 is 70.3 Å². The number of thiol groups is 1. The van der Waals surface area contributed by atoms with Crippen molar-refractivity contribution in [2.45, 2.75) is 24.5 Å². The predicted molar refractivity (Wildman–Crippen MR) is 282 cm³/mol. The van der Waals surface area contributed by atoms with Crippen LogP contribution in [-0.4, -0.2) is 0 Å². The SMILES string of the molecule is Sc1c(-c2ccccc2)cc(-c2ccc(N(c3ccc4c(c3)Oc3ccccc3O4)c3cccc4c3Oc3ccccc3O4)cc2)cc1N(c1ccccc1)c1ccc2c(c1)Sc1ccccc1S2. The Morgan fingerprint density at radius 3 is 1.54 bits per heavy atom. The van der Waals surface area contributed by atoms with Gasteiger partial charge in [-0.1, -0.05) is 127 Å². The molecule has 10 aromatic carbocycles. The summed E-state index contributed by atoms with van der Waals surface area (Å²) in [5.41, 5.74) is 9.77. The fourth-order valence-electron chi connectivity index (χ4n) is 9.05. The van der Waals surface area contributed by atoms with Gasteiger partial charge in [0.15, 0.2) is 46.0 Å². The lowest BCUT2D eigenvalue weighted by Crippen LogP contribution is -2.13. The average Bonchev–Trinajstić information content (AvgIpc) is 3.40. The first-order chi connectivity index (χ1) is 34.1. The van der Waals surface area contributed by atoms with E-state index in [1.54, 1.807) is 0 Å². The third-order valence-electron chi connectivity index (χ3n) is 12.3. The molecule has 0 unspecified atom stereocenters. The molecule has 0 atom stereocenters. The van der Waals surface area contributed by atoms with Crippen LogP contribution in [0.2, 0.25) is 0 Å². The van der Waals surface area contributed by atoms with Crippen LogP contribution in [0, 0.1) is 0 Å². The van der Waals surface area contributed by atoms with Gasteiger partial charge in [0.1, 0.15) is 0 Å². The van der Waals surface area contributed by atoms with E-state index in [1.165, 1.54) is 19.6 Å². The number of hydrogen-bond acceptors (Lipinski definition) is 9. The van der Waals surface area contributed by atoms with Gasteiger partial charge < -0.3 is 28.7 Å². The second-order valence-corrected chi connectivity index (χ2v) is 19.2. The lowest BCUT2D eigenvalue weighted by Gasteiger charge is -2.31. The Kier molecular flexibility index (Phi) is 10.3. The van der Waals surface area contributed by atoms with E-state index in [0.717, 1.165) is 61.3 Å². The van der Waals surface area contributed by atoms with Gasteiger partial charge in [-0.25, -0.2) is 0 Å². The number of benzene rings is 10. The van der Waals surface area contributed by atoms with Crippen molar-refractivity contribution in [3.63, 3.8) is 0 Å². The summed E-state index contributed by atoms with van der Waals surface area (Å²) in [6.45, 7) is 0. The van der Waals surface area contributed by atoms with E-state index in [1.807, 2.05) is 102 Å². The summed E-state index contributed by atoms with van der Waals surface area (Å²) in [5.74, 6) is 5.11. The van der Waals surface area contributed by atoms with Crippen molar-refractivity contribution in [1.29, 1.82) is 0 Å². The maximum Gasteiger partial charge on any atom is 0.194 e. The van der Waals surface area contributed by atoms with E-state index in [2.05, 4.69) is 155 Å². The van der Waals surface area contributed by atoms with Crippen LogP contribution in [0.5, 0.6) is 46.0 Å². The average molecular weight is 947 g/mol. The van der Waals surface area contributed by atoms with Crippen LogP contribution >= 0.6 is 36.2 Å². The van der Waals surface area contributed by atoms with Crippen molar-refractivity contribution in [1.82, 2.24) is 0 Å². The van der Waals surface area contributed by atoms with E-state index in [-0.39, 0.29) is 0 Å². The van der Waals surface area contributed by atoms with Crippen molar-refractivity contribution in [2.75, 3.05) is 9.80 Å². The number of nitrogens with zero attached hydrogens (tertiary/aromatic N) is 2. The standard InChI is InChI=1S/C60H38N2O4S3/c67-60-45(39-14-3-1-4-15-39)34-40(35-47(60)62(41-16-5-2-6-17-41)44-31-33-57-58(37-44)69-56-25-12-11-24-55(56)68-57)38-26-28-42(29-27-38)61(43-30-32-52-54(36-43)65-49-20-8-7-19-48(49)63-52)46-18-13-23-53-59(46)66-51-22-10-9-21-50(51)64-53/h1-37,67H. The van der Waals surface area contributed by atoms with Crippen LogP contribution in [0.15, 0.2) is 249 Å². The molecule has 9 heteroatoms. The van der Waals surface area contributed by atoms with E-state index < -0.39 is 0 Å². The maximum absolute atomic E-state index is 6.67. The molecule has 3 aliphatic heterocycles. The van der Waals surface area contributed by atoms with Gasteiger partial charge in [-0.3, -0.25) is 0 Å². The zero-order valence-electron chi connectivity index (χ0n) is 36.7. The molecule has 69 heavy (non-hydrogen) atoms. The van der Waals surface area contributed by atoms with Gasteiger partial charge in [0.25, 0.3) is 0 Å². The summed E-state index contributed by atoms with van der Waals surface area (Å²) < 4.78 is 25.8. The molecular weight excluding hydrogens is 909 g/mol. The largest absolute Gasteiger partial charge is 0.450 e. The third kappa shape index (κ3) is 7.61. The predicted octanol–water partition coefficient (Wildman–Crippen LogP) is 18.7. The highest BCUT2D eigenvalue weighted by molar-refractivity contribution is 8.05. The minimum Gasteiger partial charge on any atom is -0.450 e. The highest BCUT2D eigenvalue weighted by atomic mass is 32.2. The lowest BCUT2D eigenvalue weighted by atomic mass is 9.96. The van der Waals surface area contributed by atoms with Crippen molar-refractivity contribution in [3.05, 3.63) is 224 Å². The Hall–Kier alpha value is -7.95. The Balaban J connectivity index is 0.940. The summed E-state index contributed by atoms with van der Waals surface area (Å²) in [5, 5.41) is 0. The summed E-state index contributed by atoms with van der Waals surface area (Å²) in [6.07, 6.45) is 0. The zero-order valence-corrected chi connectivity index (χ0v) is 39.2. The Labute approximate surface area is 413 Å². The van der Waals surface area contributed by atoms with E-state index in [0.29, 0.717) is 46.0 Å².